The molecule has 1 aliphatic rings. The molecule has 1 aliphatic heterocycles. The van der Waals surface area contributed by atoms with Crippen LogP contribution in [0.5, 0.6) is 0 Å². The normalized spacial score (nSPS) is 17.5. The van der Waals surface area contributed by atoms with Crippen molar-refractivity contribution in [3.63, 3.8) is 0 Å². The monoisotopic (exact) mass is 423 g/mol. The number of rotatable bonds is 6. The van der Waals surface area contributed by atoms with E-state index in [0.717, 1.165) is 32.5 Å². The summed E-state index contributed by atoms with van der Waals surface area (Å²) in [5, 5.41) is 3.02. The van der Waals surface area contributed by atoms with Gasteiger partial charge in [0.2, 0.25) is 5.54 Å². The Kier molecular flexibility index (Phi) is 7.13. The lowest BCUT2D eigenvalue weighted by atomic mass is 9.88. The SMILES string of the molecule is CC(C)(C)OC(=O)C(N)(C(=O)NC1CCN(Cc2ccccc2)CC1)c1ccccc1. The summed E-state index contributed by atoms with van der Waals surface area (Å²) in [6.07, 6.45) is 1.61. The summed E-state index contributed by atoms with van der Waals surface area (Å²) < 4.78 is 5.52. The van der Waals surface area contributed by atoms with E-state index in [0.29, 0.717) is 5.56 Å². The Morgan fingerprint density at radius 1 is 1.00 bits per heavy atom. The maximum Gasteiger partial charge on any atom is 0.341 e. The fraction of sp³-hybridized carbons (Fsp3) is 0.440. The maximum atomic E-state index is 13.3. The number of likely N-dealkylation sites (tertiary alicyclic amines) is 1. The predicted octanol–water partition coefficient (Wildman–Crippen LogP) is 2.96. The van der Waals surface area contributed by atoms with Gasteiger partial charge in [-0.1, -0.05) is 60.7 Å². The summed E-state index contributed by atoms with van der Waals surface area (Å²) in [5.41, 5.74) is 5.52. The molecule has 166 valence electrons. The van der Waals surface area contributed by atoms with E-state index in [-0.39, 0.29) is 6.04 Å². The van der Waals surface area contributed by atoms with E-state index in [1.807, 2.05) is 24.3 Å². The molecule has 1 unspecified atom stereocenters. The van der Waals surface area contributed by atoms with E-state index in [4.69, 9.17) is 10.5 Å². The molecular formula is C25H33N3O3. The van der Waals surface area contributed by atoms with Crippen LogP contribution in [-0.2, 0) is 26.4 Å². The van der Waals surface area contributed by atoms with Gasteiger partial charge in [0.25, 0.3) is 5.91 Å². The van der Waals surface area contributed by atoms with Gasteiger partial charge in [0, 0.05) is 25.7 Å². The topological polar surface area (TPSA) is 84.7 Å². The van der Waals surface area contributed by atoms with E-state index in [9.17, 15) is 9.59 Å². The number of piperidine rings is 1. The highest BCUT2D eigenvalue weighted by Gasteiger charge is 2.47. The second-order valence-electron chi connectivity index (χ2n) is 9.19. The lowest BCUT2D eigenvalue weighted by Gasteiger charge is -2.35. The minimum Gasteiger partial charge on any atom is -0.458 e. The Balaban J connectivity index is 1.66. The third kappa shape index (κ3) is 5.93. The molecule has 1 atom stereocenters. The maximum absolute atomic E-state index is 13.3. The smallest absolute Gasteiger partial charge is 0.341 e. The van der Waals surface area contributed by atoms with Crippen molar-refractivity contribution >= 4 is 11.9 Å². The molecule has 2 aromatic carbocycles. The number of nitrogens with two attached hydrogens (primary N) is 1. The van der Waals surface area contributed by atoms with E-state index in [2.05, 4.69) is 22.3 Å². The van der Waals surface area contributed by atoms with Crippen LogP contribution in [-0.4, -0.2) is 41.5 Å². The number of benzene rings is 2. The number of amides is 1. The van der Waals surface area contributed by atoms with Crippen LogP contribution in [0, 0.1) is 0 Å². The first-order valence-corrected chi connectivity index (χ1v) is 10.8. The molecule has 2 aromatic rings. The molecule has 0 radical (unpaired) electrons. The number of esters is 1. The standard InChI is InChI=1S/C25H33N3O3/c1-24(2,3)31-23(30)25(26,20-12-8-5-9-13-20)22(29)27-21-14-16-28(17-15-21)18-19-10-6-4-7-11-19/h4-13,21H,14-18,26H2,1-3H3,(H,27,29). The number of carbonyl (C=O) groups excluding carboxylic acids is 2. The fourth-order valence-corrected chi connectivity index (χ4v) is 3.78. The average molecular weight is 424 g/mol. The highest BCUT2D eigenvalue weighted by atomic mass is 16.6. The van der Waals surface area contributed by atoms with Crippen LogP contribution < -0.4 is 11.1 Å². The quantitative estimate of drug-likeness (QED) is 0.551. The summed E-state index contributed by atoms with van der Waals surface area (Å²) >= 11 is 0. The second-order valence-corrected chi connectivity index (χ2v) is 9.19. The Hall–Kier alpha value is -2.70. The van der Waals surface area contributed by atoms with Crippen molar-refractivity contribution < 1.29 is 14.3 Å². The molecule has 0 aromatic heterocycles. The first-order chi connectivity index (χ1) is 14.7. The Labute approximate surface area is 184 Å². The molecule has 3 rings (SSSR count). The number of nitrogens with zero attached hydrogens (tertiary/aromatic N) is 1. The minimum absolute atomic E-state index is 0.0337. The Morgan fingerprint density at radius 2 is 1.55 bits per heavy atom. The summed E-state index contributed by atoms with van der Waals surface area (Å²) in [4.78, 5) is 28.7. The summed E-state index contributed by atoms with van der Waals surface area (Å²) in [6, 6.07) is 19.0. The van der Waals surface area contributed by atoms with Gasteiger partial charge in [0.15, 0.2) is 0 Å². The van der Waals surface area contributed by atoms with Gasteiger partial charge in [-0.15, -0.1) is 0 Å². The van der Waals surface area contributed by atoms with Gasteiger partial charge >= 0.3 is 5.97 Å². The molecular weight excluding hydrogens is 390 g/mol. The van der Waals surface area contributed by atoms with E-state index >= 15 is 0 Å². The van der Waals surface area contributed by atoms with Gasteiger partial charge in [0.1, 0.15) is 5.60 Å². The highest BCUT2D eigenvalue weighted by Crippen LogP contribution is 2.24. The molecule has 1 amide bonds. The van der Waals surface area contributed by atoms with Gasteiger partial charge < -0.3 is 15.8 Å². The first-order valence-electron chi connectivity index (χ1n) is 10.8. The van der Waals surface area contributed by atoms with Gasteiger partial charge in [0.05, 0.1) is 0 Å². The third-order valence-electron chi connectivity index (χ3n) is 5.48. The van der Waals surface area contributed by atoms with Crippen LogP contribution in [0.25, 0.3) is 0 Å². The summed E-state index contributed by atoms with van der Waals surface area (Å²) in [5.74, 6) is -1.26. The van der Waals surface area contributed by atoms with Crippen molar-refractivity contribution in [2.45, 2.75) is 57.3 Å². The van der Waals surface area contributed by atoms with Gasteiger partial charge in [-0.3, -0.25) is 9.69 Å². The van der Waals surface area contributed by atoms with Crippen LogP contribution in [0.3, 0.4) is 0 Å². The zero-order chi connectivity index (χ0) is 22.5. The van der Waals surface area contributed by atoms with Crippen molar-refractivity contribution in [1.29, 1.82) is 0 Å². The van der Waals surface area contributed by atoms with Crippen LogP contribution in [0.2, 0.25) is 0 Å². The molecule has 3 N–H and O–H groups in total. The Bertz CT molecular complexity index is 872. The molecule has 0 saturated carbocycles. The predicted molar refractivity (Wildman–Crippen MR) is 121 cm³/mol. The molecule has 6 nitrogen and oxygen atoms in total. The zero-order valence-corrected chi connectivity index (χ0v) is 18.6. The molecule has 1 saturated heterocycles. The summed E-state index contributed by atoms with van der Waals surface area (Å²) in [7, 11) is 0. The lowest BCUT2D eigenvalue weighted by molar-refractivity contribution is -0.165. The summed E-state index contributed by atoms with van der Waals surface area (Å²) in [6.45, 7) is 7.92. The van der Waals surface area contributed by atoms with Crippen molar-refractivity contribution in [3.05, 3.63) is 71.8 Å². The van der Waals surface area contributed by atoms with Crippen LogP contribution in [0.15, 0.2) is 60.7 Å². The van der Waals surface area contributed by atoms with Crippen molar-refractivity contribution in [2.75, 3.05) is 13.1 Å². The van der Waals surface area contributed by atoms with E-state index in [1.54, 1.807) is 45.0 Å². The Morgan fingerprint density at radius 3 is 2.10 bits per heavy atom. The number of ether oxygens (including phenoxy) is 1. The molecule has 1 heterocycles. The van der Waals surface area contributed by atoms with Crippen LogP contribution in [0.1, 0.15) is 44.7 Å². The molecule has 31 heavy (non-hydrogen) atoms. The minimum atomic E-state index is -1.89. The number of nitrogens with one attached hydrogen (secondary N) is 1. The molecule has 0 spiro atoms. The van der Waals surface area contributed by atoms with Crippen LogP contribution >= 0.6 is 0 Å². The zero-order valence-electron chi connectivity index (χ0n) is 18.6. The molecule has 1 fully saturated rings. The third-order valence-corrected chi connectivity index (χ3v) is 5.48. The number of carbonyl (C=O) groups is 2. The van der Waals surface area contributed by atoms with E-state index < -0.39 is 23.0 Å². The van der Waals surface area contributed by atoms with Gasteiger partial charge in [-0.25, -0.2) is 4.79 Å². The number of hydrogen-bond donors (Lipinski definition) is 2. The van der Waals surface area contributed by atoms with Crippen LogP contribution in [0.4, 0.5) is 0 Å². The largest absolute Gasteiger partial charge is 0.458 e. The van der Waals surface area contributed by atoms with Gasteiger partial charge in [-0.05, 0) is 44.7 Å². The second kappa shape index (κ2) is 9.62. The first kappa shape index (κ1) is 23.0. The van der Waals surface area contributed by atoms with Crippen molar-refractivity contribution in [3.8, 4) is 0 Å². The lowest BCUT2D eigenvalue weighted by Crippen LogP contribution is -2.60. The molecule has 6 heteroatoms. The van der Waals surface area contributed by atoms with Crippen molar-refractivity contribution in [1.82, 2.24) is 10.2 Å². The van der Waals surface area contributed by atoms with Crippen molar-refractivity contribution in [2.24, 2.45) is 5.73 Å². The van der Waals surface area contributed by atoms with Gasteiger partial charge in [-0.2, -0.15) is 0 Å². The average Bonchev–Trinajstić information content (AvgIpc) is 2.74. The highest BCUT2D eigenvalue weighted by molar-refractivity contribution is 6.08. The number of hydrogen-bond acceptors (Lipinski definition) is 5. The molecule has 0 aliphatic carbocycles. The molecule has 0 bridgehead atoms. The fourth-order valence-electron chi connectivity index (χ4n) is 3.78. The van der Waals surface area contributed by atoms with E-state index in [1.165, 1.54) is 5.56 Å².